The molecule has 1 heterocycles. The van der Waals surface area contributed by atoms with E-state index in [1.807, 2.05) is 30.0 Å². The molecule has 0 saturated carbocycles. The van der Waals surface area contributed by atoms with Crippen molar-refractivity contribution in [3.63, 3.8) is 0 Å². The largest absolute Gasteiger partial charge is 0.302 e. The van der Waals surface area contributed by atoms with Gasteiger partial charge in [-0.1, -0.05) is 55.0 Å². The molecule has 3 aromatic rings. The molecule has 0 bridgehead atoms. The third-order valence-electron chi connectivity index (χ3n) is 5.23. The number of nitrogens with zero attached hydrogens (tertiary/aromatic N) is 3. The van der Waals surface area contributed by atoms with Crippen LogP contribution in [0.1, 0.15) is 40.9 Å². The number of benzene rings is 2. The summed E-state index contributed by atoms with van der Waals surface area (Å²) >= 11 is 1.59. The molecular weight excluding hydrogens is 366 g/mol. The maximum absolute atomic E-state index is 13.5. The van der Waals surface area contributed by atoms with Gasteiger partial charge in [0.25, 0.3) is 5.91 Å². The molecule has 0 atom stereocenters. The monoisotopic (exact) mass is 395 g/mol. The summed E-state index contributed by atoms with van der Waals surface area (Å²) in [5.41, 5.74) is 5.06. The number of thiazole rings is 1. The lowest BCUT2D eigenvalue weighted by Crippen LogP contribution is -2.39. The maximum atomic E-state index is 13.5. The third-order valence-corrected chi connectivity index (χ3v) is 6.28. The van der Waals surface area contributed by atoms with Gasteiger partial charge in [-0.05, 0) is 57.1 Å². The molecule has 0 N–H and O–H groups in total. The number of amides is 1. The van der Waals surface area contributed by atoms with Crippen molar-refractivity contribution in [3.8, 4) is 0 Å². The zero-order chi connectivity index (χ0) is 20.3. The second-order valence-electron chi connectivity index (χ2n) is 7.22. The van der Waals surface area contributed by atoms with Crippen LogP contribution in [0.25, 0.3) is 10.2 Å². The van der Waals surface area contributed by atoms with E-state index >= 15 is 0 Å². The zero-order valence-corrected chi connectivity index (χ0v) is 18.3. The summed E-state index contributed by atoms with van der Waals surface area (Å²) in [7, 11) is 0. The van der Waals surface area contributed by atoms with Crippen molar-refractivity contribution < 1.29 is 4.79 Å². The number of hydrogen-bond acceptors (Lipinski definition) is 4. The SMILES string of the molecule is CCN(CC)CCN(C(=O)c1ccc(C)cc1C)c1nc2c(C)cccc2s1. The van der Waals surface area contributed by atoms with Crippen LogP contribution < -0.4 is 4.90 Å². The Morgan fingerprint density at radius 3 is 2.39 bits per heavy atom. The highest BCUT2D eigenvalue weighted by atomic mass is 32.1. The lowest BCUT2D eigenvalue weighted by molar-refractivity contribution is 0.0983. The smallest absolute Gasteiger partial charge is 0.260 e. The van der Waals surface area contributed by atoms with Gasteiger partial charge in [0.05, 0.1) is 10.2 Å². The van der Waals surface area contributed by atoms with E-state index in [1.54, 1.807) is 11.3 Å². The summed E-state index contributed by atoms with van der Waals surface area (Å²) in [5.74, 6) is 0.0290. The van der Waals surface area contributed by atoms with Gasteiger partial charge in [-0.25, -0.2) is 4.98 Å². The quantitative estimate of drug-likeness (QED) is 0.551. The second kappa shape index (κ2) is 8.84. The van der Waals surface area contributed by atoms with E-state index in [4.69, 9.17) is 4.98 Å². The molecule has 0 saturated heterocycles. The molecule has 148 valence electrons. The van der Waals surface area contributed by atoms with Crippen molar-refractivity contribution >= 4 is 32.6 Å². The predicted molar refractivity (Wildman–Crippen MR) is 120 cm³/mol. The Balaban J connectivity index is 2.00. The number of aromatic nitrogens is 1. The fourth-order valence-corrected chi connectivity index (χ4v) is 4.52. The Morgan fingerprint density at radius 2 is 1.75 bits per heavy atom. The van der Waals surface area contributed by atoms with Gasteiger partial charge in [0, 0.05) is 18.7 Å². The van der Waals surface area contributed by atoms with Crippen molar-refractivity contribution in [1.82, 2.24) is 9.88 Å². The lowest BCUT2D eigenvalue weighted by atomic mass is 10.0. The summed E-state index contributed by atoms with van der Waals surface area (Å²) in [5, 5.41) is 0.779. The molecule has 5 heteroatoms. The van der Waals surface area contributed by atoms with Crippen molar-refractivity contribution in [1.29, 1.82) is 0 Å². The Labute approximate surface area is 171 Å². The Bertz CT molecular complexity index is 975. The van der Waals surface area contributed by atoms with Crippen LogP contribution in [0.3, 0.4) is 0 Å². The van der Waals surface area contributed by atoms with E-state index in [9.17, 15) is 4.79 Å². The second-order valence-corrected chi connectivity index (χ2v) is 8.23. The average molecular weight is 396 g/mol. The number of likely N-dealkylation sites (N-methyl/N-ethyl adjacent to an activating group) is 1. The van der Waals surface area contributed by atoms with Gasteiger partial charge < -0.3 is 4.90 Å². The van der Waals surface area contributed by atoms with Crippen LogP contribution in [0.2, 0.25) is 0 Å². The molecular formula is C23H29N3OS. The van der Waals surface area contributed by atoms with Gasteiger partial charge in [0.15, 0.2) is 5.13 Å². The first kappa shape index (κ1) is 20.5. The summed E-state index contributed by atoms with van der Waals surface area (Å²) in [6.07, 6.45) is 0. The topological polar surface area (TPSA) is 36.4 Å². The van der Waals surface area contributed by atoms with E-state index in [0.717, 1.165) is 51.7 Å². The first-order chi connectivity index (χ1) is 13.4. The fraction of sp³-hybridized carbons (Fsp3) is 0.391. The minimum Gasteiger partial charge on any atom is -0.302 e. The van der Waals surface area contributed by atoms with E-state index < -0.39 is 0 Å². The van der Waals surface area contributed by atoms with Crippen molar-refractivity contribution in [2.24, 2.45) is 0 Å². The highest BCUT2D eigenvalue weighted by molar-refractivity contribution is 7.22. The Kier molecular flexibility index (Phi) is 6.47. The number of hydrogen-bond donors (Lipinski definition) is 0. The number of rotatable bonds is 7. The number of para-hydroxylation sites is 1. The third kappa shape index (κ3) is 4.26. The van der Waals surface area contributed by atoms with Crippen molar-refractivity contribution in [3.05, 3.63) is 58.7 Å². The predicted octanol–water partition coefficient (Wildman–Crippen LogP) is 5.21. The van der Waals surface area contributed by atoms with E-state index in [0.29, 0.717) is 6.54 Å². The summed E-state index contributed by atoms with van der Waals surface area (Å²) < 4.78 is 1.12. The van der Waals surface area contributed by atoms with Gasteiger partial charge in [0.2, 0.25) is 0 Å². The van der Waals surface area contributed by atoms with Gasteiger partial charge >= 0.3 is 0 Å². The molecule has 28 heavy (non-hydrogen) atoms. The molecule has 1 aromatic heterocycles. The maximum Gasteiger partial charge on any atom is 0.260 e. The number of carbonyl (C=O) groups is 1. The summed E-state index contributed by atoms with van der Waals surface area (Å²) in [6.45, 7) is 13.8. The van der Waals surface area contributed by atoms with Crippen LogP contribution in [0, 0.1) is 20.8 Å². The lowest BCUT2D eigenvalue weighted by Gasteiger charge is -2.25. The van der Waals surface area contributed by atoms with Crippen molar-refractivity contribution in [2.75, 3.05) is 31.1 Å². The zero-order valence-electron chi connectivity index (χ0n) is 17.5. The molecule has 1 amide bonds. The highest BCUT2D eigenvalue weighted by Gasteiger charge is 2.23. The molecule has 0 aliphatic carbocycles. The average Bonchev–Trinajstić information content (AvgIpc) is 3.10. The van der Waals surface area contributed by atoms with Crippen molar-refractivity contribution in [2.45, 2.75) is 34.6 Å². The first-order valence-corrected chi connectivity index (χ1v) is 10.7. The van der Waals surface area contributed by atoms with Crippen LogP contribution in [0.5, 0.6) is 0 Å². The van der Waals surface area contributed by atoms with Crippen LogP contribution in [0.15, 0.2) is 36.4 Å². The van der Waals surface area contributed by atoms with Crippen LogP contribution in [-0.2, 0) is 0 Å². The number of carbonyl (C=O) groups excluding carboxylic acids is 1. The van der Waals surface area contributed by atoms with Crippen LogP contribution >= 0.6 is 11.3 Å². The molecule has 0 fully saturated rings. The Morgan fingerprint density at radius 1 is 1.00 bits per heavy atom. The number of aryl methyl sites for hydroxylation is 3. The summed E-state index contributed by atoms with van der Waals surface area (Å²) in [6, 6.07) is 12.2. The molecule has 0 spiro atoms. The van der Waals surface area contributed by atoms with Gasteiger partial charge in [-0.2, -0.15) is 0 Å². The molecule has 2 aromatic carbocycles. The molecule has 0 radical (unpaired) electrons. The van der Waals surface area contributed by atoms with Crippen LogP contribution in [0.4, 0.5) is 5.13 Å². The van der Waals surface area contributed by atoms with E-state index in [1.165, 1.54) is 5.56 Å². The fourth-order valence-electron chi connectivity index (χ4n) is 3.45. The van der Waals surface area contributed by atoms with E-state index in [-0.39, 0.29) is 5.91 Å². The highest BCUT2D eigenvalue weighted by Crippen LogP contribution is 2.31. The molecule has 0 aliphatic heterocycles. The minimum atomic E-state index is 0.0290. The number of fused-ring (bicyclic) bond motifs is 1. The molecule has 0 unspecified atom stereocenters. The standard InChI is InChI=1S/C23H29N3OS/c1-6-25(7-2)13-14-26(22(27)19-12-11-16(3)15-18(19)5)23-24-21-17(4)9-8-10-20(21)28-23/h8-12,15H,6-7,13-14H2,1-5H3. The van der Waals surface area contributed by atoms with Gasteiger partial charge in [0.1, 0.15) is 0 Å². The minimum absolute atomic E-state index is 0.0290. The summed E-state index contributed by atoms with van der Waals surface area (Å²) in [4.78, 5) is 22.5. The van der Waals surface area contributed by atoms with E-state index in [2.05, 4.69) is 50.8 Å². The van der Waals surface area contributed by atoms with Gasteiger partial charge in [-0.15, -0.1) is 0 Å². The van der Waals surface area contributed by atoms with Crippen LogP contribution in [-0.4, -0.2) is 42.0 Å². The molecule has 4 nitrogen and oxygen atoms in total. The molecule has 0 aliphatic rings. The number of anilines is 1. The first-order valence-electron chi connectivity index (χ1n) is 9.92. The Hall–Kier alpha value is -2.24. The van der Waals surface area contributed by atoms with Gasteiger partial charge in [-0.3, -0.25) is 9.69 Å². The molecule has 3 rings (SSSR count). The normalized spacial score (nSPS) is 11.4.